The minimum atomic E-state index is -0.191. The molecular weight excluding hydrogens is 277 g/mol. The first kappa shape index (κ1) is 14.5. The first-order valence-corrected chi connectivity index (χ1v) is 7.20. The molecule has 0 radical (unpaired) electrons. The fourth-order valence-corrected chi connectivity index (χ4v) is 2.43. The summed E-state index contributed by atoms with van der Waals surface area (Å²) >= 11 is 1.54. The van der Waals surface area contributed by atoms with Crippen LogP contribution in [0.5, 0.6) is 0 Å². The maximum absolute atomic E-state index is 13.5. The molecule has 1 heterocycles. The van der Waals surface area contributed by atoms with E-state index in [0.29, 0.717) is 28.8 Å². The molecule has 0 aliphatic rings. The maximum Gasteiger partial charge on any atom is 0.229 e. The van der Waals surface area contributed by atoms with Gasteiger partial charge in [0, 0.05) is 19.8 Å². The summed E-state index contributed by atoms with van der Waals surface area (Å²) in [5, 5.41) is 0. The number of hydrogen-bond acceptors (Lipinski definition) is 6. The molecule has 7 heteroatoms. The van der Waals surface area contributed by atoms with Crippen LogP contribution in [0, 0.1) is 5.82 Å². The third kappa shape index (κ3) is 3.80. The Morgan fingerprint density at radius 1 is 1.15 bits per heavy atom. The molecule has 0 saturated heterocycles. The Balaban J connectivity index is 1.99. The molecule has 0 aliphatic heterocycles. The van der Waals surface area contributed by atoms with Crippen LogP contribution in [0.2, 0.25) is 0 Å². The summed E-state index contributed by atoms with van der Waals surface area (Å²) in [6.45, 7) is 0. The van der Waals surface area contributed by atoms with Gasteiger partial charge in [0.2, 0.25) is 11.9 Å². The van der Waals surface area contributed by atoms with E-state index >= 15 is 0 Å². The molecule has 0 saturated carbocycles. The van der Waals surface area contributed by atoms with E-state index in [0.717, 1.165) is 0 Å². The molecule has 0 fully saturated rings. The summed E-state index contributed by atoms with van der Waals surface area (Å²) in [5.41, 5.74) is 6.32. The topological polar surface area (TPSA) is 67.9 Å². The van der Waals surface area contributed by atoms with Crippen molar-refractivity contribution >= 4 is 23.7 Å². The van der Waals surface area contributed by atoms with E-state index in [1.54, 1.807) is 17.0 Å². The molecule has 0 unspecified atom stereocenters. The van der Waals surface area contributed by atoms with Crippen molar-refractivity contribution in [2.45, 2.75) is 11.5 Å². The number of aromatic nitrogens is 3. The molecule has 2 N–H and O–H groups in total. The number of nitrogens with two attached hydrogens (primary N) is 1. The monoisotopic (exact) mass is 293 g/mol. The van der Waals surface area contributed by atoms with Gasteiger partial charge in [0.05, 0.1) is 5.75 Å². The minimum absolute atomic E-state index is 0.191. The molecule has 1 aromatic heterocycles. The molecule has 2 aromatic rings. The first-order chi connectivity index (χ1) is 9.56. The van der Waals surface area contributed by atoms with E-state index < -0.39 is 0 Å². The van der Waals surface area contributed by atoms with Crippen LogP contribution in [0.15, 0.2) is 24.3 Å². The zero-order valence-electron chi connectivity index (χ0n) is 11.4. The van der Waals surface area contributed by atoms with Crippen LogP contribution >= 0.6 is 11.8 Å². The van der Waals surface area contributed by atoms with E-state index in [1.165, 1.54) is 17.8 Å². The normalized spacial score (nSPS) is 10.6. The minimum Gasteiger partial charge on any atom is -0.368 e. The summed E-state index contributed by atoms with van der Waals surface area (Å²) in [4.78, 5) is 14.2. The van der Waals surface area contributed by atoms with Gasteiger partial charge >= 0.3 is 0 Å². The van der Waals surface area contributed by atoms with Crippen molar-refractivity contribution in [2.24, 2.45) is 0 Å². The predicted molar refractivity (Wildman–Crippen MR) is 80.0 cm³/mol. The van der Waals surface area contributed by atoms with Gasteiger partial charge in [-0.05, 0) is 11.6 Å². The fraction of sp³-hybridized carbons (Fsp3) is 0.308. The summed E-state index contributed by atoms with van der Waals surface area (Å²) < 4.78 is 13.5. The van der Waals surface area contributed by atoms with Gasteiger partial charge in [-0.1, -0.05) is 18.2 Å². The van der Waals surface area contributed by atoms with E-state index in [-0.39, 0.29) is 11.8 Å². The molecular formula is C13H16FN5S. The molecule has 0 atom stereocenters. The first-order valence-electron chi connectivity index (χ1n) is 6.05. The number of thioether (sulfide) groups is 1. The Morgan fingerprint density at radius 2 is 1.90 bits per heavy atom. The van der Waals surface area contributed by atoms with Gasteiger partial charge < -0.3 is 10.6 Å². The average molecular weight is 293 g/mol. The Labute approximate surface area is 121 Å². The molecule has 0 spiro atoms. The van der Waals surface area contributed by atoms with Crippen LogP contribution in [0.25, 0.3) is 0 Å². The number of rotatable bonds is 5. The number of benzene rings is 1. The second kappa shape index (κ2) is 6.51. The van der Waals surface area contributed by atoms with Gasteiger partial charge in [-0.25, -0.2) is 4.39 Å². The Bertz CT molecular complexity index is 591. The largest absolute Gasteiger partial charge is 0.368 e. The third-order valence-corrected chi connectivity index (χ3v) is 3.51. The van der Waals surface area contributed by atoms with Gasteiger partial charge in [0.15, 0.2) is 0 Å². The second-order valence-corrected chi connectivity index (χ2v) is 5.37. The smallest absolute Gasteiger partial charge is 0.229 e. The molecule has 5 nitrogen and oxygen atoms in total. The number of anilines is 2. The molecule has 20 heavy (non-hydrogen) atoms. The van der Waals surface area contributed by atoms with Gasteiger partial charge in [-0.3, -0.25) is 0 Å². The Kier molecular flexibility index (Phi) is 4.73. The maximum atomic E-state index is 13.5. The standard InChI is InChI=1S/C13H16FN5S/c1-19(2)13-17-11(16-12(15)18-13)8-20-7-9-5-3-4-6-10(9)14/h3-6H,7-8H2,1-2H3,(H2,15,16,17,18). The SMILES string of the molecule is CN(C)c1nc(N)nc(CSCc2ccccc2F)n1. The van der Waals surface area contributed by atoms with Crippen molar-refractivity contribution in [3.63, 3.8) is 0 Å². The summed E-state index contributed by atoms with van der Waals surface area (Å²) in [5.74, 6) is 2.26. The molecule has 1 aromatic carbocycles. The quantitative estimate of drug-likeness (QED) is 0.910. The van der Waals surface area contributed by atoms with Crippen LogP contribution < -0.4 is 10.6 Å². The van der Waals surface area contributed by atoms with Crippen molar-refractivity contribution in [3.8, 4) is 0 Å². The van der Waals surface area contributed by atoms with Gasteiger partial charge in [0.25, 0.3) is 0 Å². The highest BCUT2D eigenvalue weighted by Crippen LogP contribution is 2.19. The van der Waals surface area contributed by atoms with Crippen molar-refractivity contribution in [1.82, 2.24) is 15.0 Å². The van der Waals surface area contributed by atoms with Crippen molar-refractivity contribution in [2.75, 3.05) is 24.7 Å². The summed E-state index contributed by atoms with van der Waals surface area (Å²) in [7, 11) is 3.68. The molecule has 0 amide bonds. The number of nitrogen functional groups attached to an aromatic ring is 1. The Morgan fingerprint density at radius 3 is 2.60 bits per heavy atom. The number of hydrogen-bond donors (Lipinski definition) is 1. The summed E-state index contributed by atoms with van der Waals surface area (Å²) in [6, 6.07) is 6.74. The van der Waals surface area contributed by atoms with Crippen molar-refractivity contribution in [1.29, 1.82) is 0 Å². The molecule has 0 aliphatic carbocycles. The lowest BCUT2D eigenvalue weighted by atomic mass is 10.2. The average Bonchev–Trinajstić information content (AvgIpc) is 2.40. The highest BCUT2D eigenvalue weighted by molar-refractivity contribution is 7.97. The zero-order chi connectivity index (χ0) is 14.5. The predicted octanol–water partition coefficient (Wildman–Crippen LogP) is 2.09. The lowest BCUT2D eigenvalue weighted by molar-refractivity contribution is 0.617. The van der Waals surface area contributed by atoms with E-state index in [2.05, 4.69) is 15.0 Å². The molecule has 106 valence electrons. The highest BCUT2D eigenvalue weighted by Gasteiger charge is 2.07. The summed E-state index contributed by atoms with van der Waals surface area (Å²) in [6.07, 6.45) is 0. The van der Waals surface area contributed by atoms with E-state index in [1.807, 2.05) is 20.2 Å². The fourth-order valence-electron chi connectivity index (χ4n) is 1.56. The van der Waals surface area contributed by atoms with Gasteiger partial charge in [-0.2, -0.15) is 15.0 Å². The zero-order valence-corrected chi connectivity index (χ0v) is 12.2. The highest BCUT2D eigenvalue weighted by atomic mass is 32.2. The van der Waals surface area contributed by atoms with Crippen LogP contribution in [0.1, 0.15) is 11.4 Å². The molecule has 0 bridgehead atoms. The van der Waals surface area contributed by atoms with Gasteiger partial charge in [-0.15, -0.1) is 11.8 Å². The van der Waals surface area contributed by atoms with Gasteiger partial charge in [0.1, 0.15) is 11.6 Å². The van der Waals surface area contributed by atoms with E-state index in [4.69, 9.17) is 5.73 Å². The van der Waals surface area contributed by atoms with Crippen molar-refractivity contribution in [3.05, 3.63) is 41.5 Å². The number of halogens is 1. The Hall–Kier alpha value is -1.89. The lowest BCUT2D eigenvalue weighted by Gasteiger charge is -2.11. The van der Waals surface area contributed by atoms with Crippen LogP contribution in [0.3, 0.4) is 0 Å². The second-order valence-electron chi connectivity index (χ2n) is 4.39. The lowest BCUT2D eigenvalue weighted by Crippen LogP contribution is -2.15. The van der Waals surface area contributed by atoms with Crippen LogP contribution in [-0.4, -0.2) is 29.0 Å². The van der Waals surface area contributed by atoms with Crippen LogP contribution in [0.4, 0.5) is 16.3 Å². The molecule has 2 rings (SSSR count). The number of nitrogens with zero attached hydrogens (tertiary/aromatic N) is 4. The third-order valence-electron chi connectivity index (χ3n) is 2.53. The van der Waals surface area contributed by atoms with Crippen LogP contribution in [-0.2, 0) is 11.5 Å². The van der Waals surface area contributed by atoms with E-state index in [9.17, 15) is 4.39 Å². The van der Waals surface area contributed by atoms with Crippen molar-refractivity contribution < 1.29 is 4.39 Å².